The van der Waals surface area contributed by atoms with Crippen molar-refractivity contribution in [3.63, 3.8) is 0 Å². The fraction of sp³-hybridized carbons (Fsp3) is 0.688. The van der Waals surface area contributed by atoms with Crippen LogP contribution in [0.3, 0.4) is 0 Å². The molecule has 2 heterocycles. The van der Waals surface area contributed by atoms with Crippen LogP contribution in [0.4, 0.5) is 0 Å². The van der Waals surface area contributed by atoms with Crippen molar-refractivity contribution < 1.29 is 4.79 Å². The summed E-state index contributed by atoms with van der Waals surface area (Å²) in [6, 6.07) is 2.13. The largest absolute Gasteiger partial charge is 0.321 e. The average molecular weight is 292 g/mol. The Labute approximate surface area is 125 Å². The molecule has 110 valence electrons. The Morgan fingerprint density at radius 2 is 2.20 bits per heavy atom. The number of nitrogens with one attached hydrogen (secondary N) is 1. The summed E-state index contributed by atoms with van der Waals surface area (Å²) in [6.07, 6.45) is 2.06. The van der Waals surface area contributed by atoms with Gasteiger partial charge in [0.15, 0.2) is 0 Å². The van der Waals surface area contributed by atoms with Crippen LogP contribution in [0.25, 0.3) is 0 Å². The number of hydrogen-bond donors (Lipinski definition) is 1. The summed E-state index contributed by atoms with van der Waals surface area (Å²) in [5.74, 6) is 0.785. The van der Waals surface area contributed by atoms with Gasteiger partial charge in [0.2, 0.25) is 5.91 Å². The molecule has 1 spiro atoms. The first-order valence-electron chi connectivity index (χ1n) is 7.44. The van der Waals surface area contributed by atoms with Crippen LogP contribution in [-0.4, -0.2) is 22.9 Å². The molecule has 2 aliphatic rings. The first kappa shape index (κ1) is 14.1. The average Bonchev–Trinajstić information content (AvgIpc) is 2.84. The molecule has 3 nitrogen and oxygen atoms in total. The number of rotatable bonds is 3. The maximum Gasteiger partial charge on any atom is 0.244 e. The van der Waals surface area contributed by atoms with Gasteiger partial charge >= 0.3 is 0 Å². The summed E-state index contributed by atoms with van der Waals surface area (Å²) in [6.45, 7) is 9.82. The number of carbonyl (C=O) groups is 1. The second-order valence-electron chi connectivity index (χ2n) is 7.41. The van der Waals surface area contributed by atoms with Crippen LogP contribution in [0.1, 0.15) is 52.3 Å². The van der Waals surface area contributed by atoms with E-state index in [-0.39, 0.29) is 17.1 Å². The molecule has 20 heavy (non-hydrogen) atoms. The van der Waals surface area contributed by atoms with Gasteiger partial charge in [-0.25, -0.2) is 0 Å². The van der Waals surface area contributed by atoms with E-state index >= 15 is 0 Å². The Hall–Kier alpha value is -0.870. The molecule has 1 N–H and O–H groups in total. The minimum absolute atomic E-state index is 0.0704. The number of hydrogen-bond acceptors (Lipinski definition) is 3. The fourth-order valence-electron chi connectivity index (χ4n) is 2.73. The second-order valence-corrected chi connectivity index (χ2v) is 8.19. The highest BCUT2D eigenvalue weighted by Crippen LogP contribution is 2.46. The molecule has 2 fully saturated rings. The molecular formula is C16H24N2OS. The van der Waals surface area contributed by atoms with Gasteiger partial charge in [-0.1, -0.05) is 27.7 Å². The molecule has 4 heteroatoms. The lowest BCUT2D eigenvalue weighted by Gasteiger charge is -2.33. The fourth-order valence-corrected chi connectivity index (χ4v) is 3.41. The number of amides is 1. The zero-order chi connectivity index (χ0) is 14.5. The van der Waals surface area contributed by atoms with Crippen molar-refractivity contribution in [2.45, 2.75) is 52.2 Å². The molecule has 2 atom stereocenters. The Balaban J connectivity index is 1.84. The third-order valence-corrected chi connectivity index (χ3v) is 5.65. The Morgan fingerprint density at radius 1 is 1.50 bits per heavy atom. The number of thiophene rings is 1. The third-order valence-electron chi connectivity index (χ3n) is 4.95. The molecular weight excluding hydrogens is 268 g/mol. The molecule has 1 saturated heterocycles. The summed E-state index contributed by atoms with van der Waals surface area (Å²) < 4.78 is 0. The van der Waals surface area contributed by atoms with E-state index < -0.39 is 0 Å². The van der Waals surface area contributed by atoms with Crippen molar-refractivity contribution in [2.24, 2.45) is 11.3 Å². The van der Waals surface area contributed by atoms with Crippen molar-refractivity contribution in [2.75, 3.05) is 6.54 Å². The van der Waals surface area contributed by atoms with E-state index in [1.54, 1.807) is 11.3 Å². The topological polar surface area (TPSA) is 32.3 Å². The van der Waals surface area contributed by atoms with Gasteiger partial charge < -0.3 is 4.90 Å². The van der Waals surface area contributed by atoms with Gasteiger partial charge in [0.25, 0.3) is 0 Å². The highest BCUT2D eigenvalue weighted by molar-refractivity contribution is 7.07. The lowest BCUT2D eigenvalue weighted by molar-refractivity contribution is -0.131. The standard InChI is InChI=1S/C16H24N2OS/c1-11(15(2,3)4)9-18-13(12-5-8-20-10-12)17-16(6-7-16)14(18)19/h5,8,10-11,13,17H,6-7,9H2,1-4H3. The van der Waals surface area contributed by atoms with E-state index in [0.29, 0.717) is 11.8 Å². The molecule has 1 saturated carbocycles. The first-order chi connectivity index (χ1) is 9.33. The van der Waals surface area contributed by atoms with Gasteiger partial charge in [-0.15, -0.1) is 0 Å². The van der Waals surface area contributed by atoms with Gasteiger partial charge in [0.1, 0.15) is 11.7 Å². The van der Waals surface area contributed by atoms with Gasteiger partial charge in [-0.2, -0.15) is 11.3 Å². The quantitative estimate of drug-likeness (QED) is 0.926. The van der Waals surface area contributed by atoms with Gasteiger partial charge in [-0.05, 0) is 46.6 Å². The van der Waals surface area contributed by atoms with Crippen LogP contribution in [0.5, 0.6) is 0 Å². The molecule has 1 aromatic heterocycles. The van der Waals surface area contributed by atoms with Gasteiger partial charge in [0.05, 0.1) is 0 Å². The molecule has 1 aromatic rings. The SMILES string of the molecule is CC(CN1C(=O)C2(CC2)NC1c1ccsc1)C(C)(C)C. The monoisotopic (exact) mass is 292 g/mol. The highest BCUT2D eigenvalue weighted by Gasteiger charge is 2.59. The smallest absolute Gasteiger partial charge is 0.244 e. The van der Waals surface area contributed by atoms with Crippen molar-refractivity contribution >= 4 is 17.2 Å². The van der Waals surface area contributed by atoms with Crippen LogP contribution in [0.2, 0.25) is 0 Å². The molecule has 3 rings (SSSR count). The minimum Gasteiger partial charge on any atom is -0.321 e. The van der Waals surface area contributed by atoms with Crippen molar-refractivity contribution in [3.8, 4) is 0 Å². The molecule has 0 radical (unpaired) electrons. The van der Waals surface area contributed by atoms with E-state index in [1.165, 1.54) is 5.56 Å². The molecule has 0 aromatic carbocycles. The zero-order valence-corrected chi connectivity index (χ0v) is 13.6. The Kier molecular flexibility index (Phi) is 3.22. The molecule has 1 amide bonds. The highest BCUT2D eigenvalue weighted by atomic mass is 32.1. The van der Waals surface area contributed by atoms with E-state index in [0.717, 1.165) is 19.4 Å². The maximum atomic E-state index is 12.7. The predicted molar refractivity (Wildman–Crippen MR) is 82.5 cm³/mol. The lowest BCUT2D eigenvalue weighted by Crippen LogP contribution is -2.38. The van der Waals surface area contributed by atoms with Crippen molar-refractivity contribution in [1.29, 1.82) is 0 Å². The van der Waals surface area contributed by atoms with Gasteiger partial charge in [0, 0.05) is 6.54 Å². The summed E-state index contributed by atoms with van der Waals surface area (Å²) in [7, 11) is 0. The van der Waals surface area contributed by atoms with Gasteiger partial charge in [-0.3, -0.25) is 10.1 Å². The normalized spacial score (nSPS) is 26.3. The number of carbonyl (C=O) groups excluding carboxylic acids is 1. The van der Waals surface area contributed by atoms with Crippen LogP contribution < -0.4 is 5.32 Å². The third kappa shape index (κ3) is 2.29. The summed E-state index contributed by atoms with van der Waals surface area (Å²) in [5.41, 5.74) is 1.22. The summed E-state index contributed by atoms with van der Waals surface area (Å²) in [5, 5.41) is 7.83. The van der Waals surface area contributed by atoms with Crippen LogP contribution in [0, 0.1) is 11.3 Å². The van der Waals surface area contributed by atoms with E-state index in [4.69, 9.17) is 0 Å². The van der Waals surface area contributed by atoms with Crippen LogP contribution >= 0.6 is 11.3 Å². The zero-order valence-electron chi connectivity index (χ0n) is 12.8. The molecule has 2 unspecified atom stereocenters. The number of nitrogens with zero attached hydrogens (tertiary/aromatic N) is 1. The molecule has 1 aliphatic heterocycles. The van der Waals surface area contributed by atoms with E-state index in [2.05, 4.69) is 54.7 Å². The van der Waals surface area contributed by atoms with E-state index in [9.17, 15) is 4.79 Å². The molecule has 1 aliphatic carbocycles. The molecule has 0 bridgehead atoms. The lowest BCUT2D eigenvalue weighted by atomic mass is 9.81. The van der Waals surface area contributed by atoms with E-state index in [1.807, 2.05) is 0 Å². The second kappa shape index (κ2) is 4.57. The minimum atomic E-state index is -0.232. The Bertz CT molecular complexity index is 499. The van der Waals surface area contributed by atoms with Crippen molar-refractivity contribution in [1.82, 2.24) is 10.2 Å². The summed E-state index contributed by atoms with van der Waals surface area (Å²) >= 11 is 1.70. The summed E-state index contributed by atoms with van der Waals surface area (Å²) in [4.78, 5) is 14.8. The van der Waals surface area contributed by atoms with Crippen LogP contribution in [0.15, 0.2) is 16.8 Å². The Morgan fingerprint density at radius 3 is 2.70 bits per heavy atom. The maximum absolute atomic E-state index is 12.7. The van der Waals surface area contributed by atoms with Crippen molar-refractivity contribution in [3.05, 3.63) is 22.4 Å². The predicted octanol–water partition coefficient (Wildman–Crippen LogP) is 3.39. The van der Waals surface area contributed by atoms with Crippen LogP contribution in [-0.2, 0) is 4.79 Å². The first-order valence-corrected chi connectivity index (χ1v) is 8.39.